The van der Waals surface area contributed by atoms with Gasteiger partial charge < -0.3 is 15.6 Å². The van der Waals surface area contributed by atoms with E-state index in [0.717, 1.165) is 6.07 Å². The first kappa shape index (κ1) is 13.9. The third-order valence-electron chi connectivity index (χ3n) is 2.18. The Morgan fingerprint density at radius 1 is 1.65 bits per heavy atom. The van der Waals surface area contributed by atoms with E-state index >= 15 is 0 Å². The smallest absolute Gasteiger partial charge is 0.325 e. The molecule has 0 radical (unpaired) electrons. The number of hydrogen-bond acceptors (Lipinski definition) is 4. The van der Waals surface area contributed by atoms with Crippen molar-refractivity contribution >= 4 is 17.6 Å². The zero-order valence-corrected chi connectivity index (χ0v) is 9.95. The minimum atomic E-state index is -1.33. The number of aliphatic hydroxyl groups excluding tert-OH is 1. The number of rotatable bonds is 4. The predicted octanol–water partition coefficient (Wildman–Crippen LogP) is 1.40. The van der Waals surface area contributed by atoms with Crippen molar-refractivity contribution in [1.29, 1.82) is 0 Å². The van der Waals surface area contributed by atoms with Crippen LogP contribution in [-0.4, -0.2) is 23.7 Å². The van der Waals surface area contributed by atoms with Crippen molar-refractivity contribution in [2.24, 2.45) is 5.73 Å². The molecule has 0 aliphatic heterocycles. The van der Waals surface area contributed by atoms with Crippen molar-refractivity contribution in [3.8, 4) is 0 Å². The second-order valence-corrected chi connectivity index (χ2v) is 3.80. The van der Waals surface area contributed by atoms with Crippen LogP contribution in [0.5, 0.6) is 0 Å². The van der Waals surface area contributed by atoms with Crippen molar-refractivity contribution in [1.82, 2.24) is 0 Å². The Balaban J connectivity index is 2.84. The Kier molecular flexibility index (Phi) is 4.86. The lowest BCUT2D eigenvalue weighted by molar-refractivity contribution is -0.147. The fourth-order valence-electron chi connectivity index (χ4n) is 1.27. The molecule has 94 valence electrons. The van der Waals surface area contributed by atoms with Crippen molar-refractivity contribution in [3.05, 3.63) is 34.6 Å². The summed E-state index contributed by atoms with van der Waals surface area (Å²) < 4.78 is 17.8. The number of esters is 1. The van der Waals surface area contributed by atoms with Crippen LogP contribution >= 0.6 is 11.6 Å². The van der Waals surface area contributed by atoms with Crippen LogP contribution in [0.1, 0.15) is 18.6 Å². The van der Waals surface area contributed by atoms with Crippen LogP contribution < -0.4 is 5.73 Å². The van der Waals surface area contributed by atoms with Gasteiger partial charge in [-0.15, -0.1) is 0 Å². The Morgan fingerprint density at radius 2 is 2.29 bits per heavy atom. The number of carbonyl (C=O) groups excluding carboxylic acids is 1. The lowest BCUT2D eigenvalue weighted by Crippen LogP contribution is -2.38. The molecule has 0 aromatic heterocycles. The third-order valence-corrected chi connectivity index (χ3v) is 2.49. The molecule has 1 aromatic rings. The molecule has 6 heteroatoms. The van der Waals surface area contributed by atoms with Crippen LogP contribution in [0.15, 0.2) is 18.2 Å². The Labute approximate surface area is 103 Å². The number of halogens is 2. The maximum absolute atomic E-state index is 13.2. The molecule has 1 rings (SSSR count). The number of carbonyl (C=O) groups is 1. The lowest BCUT2D eigenvalue weighted by atomic mass is 10.0. The highest BCUT2D eigenvalue weighted by Crippen LogP contribution is 2.22. The summed E-state index contributed by atoms with van der Waals surface area (Å²) in [6, 6.07) is 2.46. The van der Waals surface area contributed by atoms with Gasteiger partial charge in [-0.25, -0.2) is 4.39 Å². The molecule has 0 unspecified atom stereocenters. The molecule has 4 nitrogen and oxygen atoms in total. The van der Waals surface area contributed by atoms with E-state index in [2.05, 4.69) is 4.74 Å². The van der Waals surface area contributed by atoms with Crippen LogP contribution in [0.3, 0.4) is 0 Å². The first-order chi connectivity index (χ1) is 7.97. The zero-order chi connectivity index (χ0) is 13.0. The number of hydrogen-bond donors (Lipinski definition) is 2. The Bertz CT molecular complexity index is 414. The molecule has 0 saturated heterocycles. The average molecular weight is 262 g/mol. The number of nitrogens with two attached hydrogens (primary N) is 1. The highest BCUT2D eigenvalue weighted by atomic mass is 35.5. The molecule has 0 saturated carbocycles. The van der Waals surface area contributed by atoms with E-state index in [9.17, 15) is 14.3 Å². The molecule has 1 aromatic carbocycles. The Hall–Kier alpha value is -1.17. The molecule has 0 bridgehead atoms. The summed E-state index contributed by atoms with van der Waals surface area (Å²) in [5, 5.41) is 9.70. The summed E-state index contributed by atoms with van der Waals surface area (Å²) in [7, 11) is 0. The molecule has 2 atom stereocenters. The van der Waals surface area contributed by atoms with Gasteiger partial charge in [0.25, 0.3) is 0 Å². The van der Waals surface area contributed by atoms with E-state index in [1.165, 1.54) is 12.1 Å². The summed E-state index contributed by atoms with van der Waals surface area (Å²) in [4.78, 5) is 11.3. The molecule has 0 aliphatic rings. The highest BCUT2D eigenvalue weighted by molar-refractivity contribution is 6.30. The van der Waals surface area contributed by atoms with Gasteiger partial charge in [-0.05, 0) is 24.6 Å². The summed E-state index contributed by atoms with van der Waals surface area (Å²) in [5.74, 6) is -1.42. The van der Waals surface area contributed by atoms with Gasteiger partial charge in [0.1, 0.15) is 18.0 Å². The van der Waals surface area contributed by atoms with E-state index in [1.807, 2.05) is 0 Å². The second-order valence-electron chi connectivity index (χ2n) is 3.40. The Morgan fingerprint density at radius 3 is 2.82 bits per heavy atom. The van der Waals surface area contributed by atoms with Gasteiger partial charge in [-0.3, -0.25) is 4.79 Å². The van der Waals surface area contributed by atoms with E-state index < -0.39 is 23.9 Å². The zero-order valence-electron chi connectivity index (χ0n) is 9.19. The van der Waals surface area contributed by atoms with Crippen LogP contribution in [0.25, 0.3) is 0 Å². The molecular formula is C11H13ClFNO3. The SMILES string of the molecule is CCOC(=O)[C@H](N)[C@H](O)c1ccc(Cl)c(F)c1. The van der Waals surface area contributed by atoms with Gasteiger partial charge in [0.15, 0.2) is 0 Å². The fraction of sp³-hybridized carbons (Fsp3) is 0.364. The van der Waals surface area contributed by atoms with Gasteiger partial charge >= 0.3 is 5.97 Å². The fourth-order valence-corrected chi connectivity index (χ4v) is 1.39. The summed E-state index contributed by atoms with van der Waals surface area (Å²) in [6.07, 6.45) is -1.33. The highest BCUT2D eigenvalue weighted by Gasteiger charge is 2.25. The normalized spacial score (nSPS) is 14.2. The van der Waals surface area contributed by atoms with Crippen LogP contribution in [0, 0.1) is 5.82 Å². The lowest BCUT2D eigenvalue weighted by Gasteiger charge is -2.17. The number of aliphatic hydroxyl groups is 1. The third kappa shape index (κ3) is 3.39. The van der Waals surface area contributed by atoms with Crippen molar-refractivity contribution in [2.45, 2.75) is 19.1 Å². The molecule has 3 N–H and O–H groups in total. The van der Waals surface area contributed by atoms with E-state index in [4.69, 9.17) is 17.3 Å². The van der Waals surface area contributed by atoms with E-state index in [0.29, 0.717) is 0 Å². The quantitative estimate of drug-likeness (QED) is 0.804. The second kappa shape index (κ2) is 5.95. The van der Waals surface area contributed by atoms with E-state index in [1.54, 1.807) is 6.92 Å². The molecule has 0 heterocycles. The first-order valence-corrected chi connectivity index (χ1v) is 5.40. The summed E-state index contributed by atoms with van der Waals surface area (Å²) in [6.45, 7) is 1.78. The molecule has 0 amide bonds. The van der Waals surface area contributed by atoms with Crippen molar-refractivity contribution in [2.75, 3.05) is 6.61 Å². The van der Waals surface area contributed by atoms with Gasteiger partial charge in [-0.1, -0.05) is 17.7 Å². The van der Waals surface area contributed by atoms with Gasteiger partial charge in [0.05, 0.1) is 11.6 Å². The monoisotopic (exact) mass is 261 g/mol. The van der Waals surface area contributed by atoms with Gasteiger partial charge in [0.2, 0.25) is 0 Å². The number of ether oxygens (including phenoxy) is 1. The largest absolute Gasteiger partial charge is 0.465 e. The maximum Gasteiger partial charge on any atom is 0.325 e. The van der Waals surface area contributed by atoms with Crippen LogP contribution in [-0.2, 0) is 9.53 Å². The van der Waals surface area contributed by atoms with Gasteiger partial charge in [-0.2, -0.15) is 0 Å². The topological polar surface area (TPSA) is 72.5 Å². The minimum absolute atomic E-state index is 0.0642. The molecular weight excluding hydrogens is 249 g/mol. The van der Waals surface area contributed by atoms with Crippen LogP contribution in [0.2, 0.25) is 5.02 Å². The van der Waals surface area contributed by atoms with Crippen LogP contribution in [0.4, 0.5) is 4.39 Å². The number of benzene rings is 1. The van der Waals surface area contributed by atoms with E-state index in [-0.39, 0.29) is 17.2 Å². The van der Waals surface area contributed by atoms with Gasteiger partial charge in [0, 0.05) is 0 Å². The average Bonchev–Trinajstić information content (AvgIpc) is 2.31. The first-order valence-electron chi connectivity index (χ1n) is 5.02. The molecule has 0 fully saturated rings. The molecule has 17 heavy (non-hydrogen) atoms. The predicted molar refractivity (Wildman–Crippen MR) is 61.0 cm³/mol. The summed E-state index contributed by atoms with van der Waals surface area (Å²) in [5.41, 5.74) is 5.66. The standard InChI is InChI=1S/C11H13ClFNO3/c1-2-17-11(16)9(14)10(15)6-3-4-7(12)8(13)5-6/h3-5,9-10,15H,2,14H2,1H3/t9-,10-/m1/s1. The van der Waals surface area contributed by atoms with Crippen molar-refractivity contribution in [3.63, 3.8) is 0 Å². The molecule has 0 aliphatic carbocycles. The van der Waals surface area contributed by atoms with Crippen molar-refractivity contribution < 1.29 is 19.0 Å². The molecule has 0 spiro atoms. The maximum atomic E-state index is 13.2. The minimum Gasteiger partial charge on any atom is -0.465 e. The summed E-state index contributed by atoms with van der Waals surface area (Å²) >= 11 is 5.50.